The van der Waals surface area contributed by atoms with Crippen LogP contribution in [0.5, 0.6) is 0 Å². The Morgan fingerprint density at radius 1 is 1.19 bits per heavy atom. The van der Waals surface area contributed by atoms with Crippen LogP contribution >= 0.6 is 11.6 Å². The van der Waals surface area contributed by atoms with E-state index >= 15 is 0 Å². The summed E-state index contributed by atoms with van der Waals surface area (Å²) < 4.78 is 29.6. The molecule has 5 rings (SSSR count). The van der Waals surface area contributed by atoms with Crippen molar-refractivity contribution in [2.45, 2.75) is 37.1 Å². The second kappa shape index (κ2) is 9.57. The summed E-state index contributed by atoms with van der Waals surface area (Å²) >= 11 is 6.09. The maximum Gasteiger partial charge on any atom is 0.281 e. The number of halogens is 1. The molecular weight excluding hydrogens is 504 g/mol. The third kappa shape index (κ3) is 4.69. The van der Waals surface area contributed by atoms with Crippen molar-refractivity contribution < 1.29 is 13.2 Å². The molecule has 3 heterocycles. The van der Waals surface area contributed by atoms with Crippen molar-refractivity contribution in [2.24, 2.45) is 0 Å². The Morgan fingerprint density at radius 2 is 2.00 bits per heavy atom. The number of aromatic nitrogens is 5. The van der Waals surface area contributed by atoms with E-state index in [0.717, 1.165) is 5.56 Å². The first-order valence-electron chi connectivity index (χ1n) is 11.4. The molecule has 0 amide bonds. The molecule has 1 aliphatic heterocycles. The summed E-state index contributed by atoms with van der Waals surface area (Å²) in [6.45, 7) is 2.21. The molecule has 0 saturated carbocycles. The van der Waals surface area contributed by atoms with Gasteiger partial charge in [-0.15, -0.1) is 5.10 Å². The lowest BCUT2D eigenvalue weighted by Gasteiger charge is -2.31. The van der Waals surface area contributed by atoms with Crippen LogP contribution in [0.3, 0.4) is 0 Å². The maximum atomic E-state index is 13.3. The summed E-state index contributed by atoms with van der Waals surface area (Å²) in [5.74, 6) is -0.141. The first-order valence-corrected chi connectivity index (χ1v) is 13.2. The van der Waals surface area contributed by atoms with Crippen molar-refractivity contribution >= 4 is 38.6 Å². The molecule has 1 saturated heterocycles. The van der Waals surface area contributed by atoms with Gasteiger partial charge < -0.3 is 4.98 Å². The number of carbonyl (C=O) groups excluding carboxylic acids is 1. The van der Waals surface area contributed by atoms with Gasteiger partial charge in [0.1, 0.15) is 5.82 Å². The number of rotatable bonds is 6. The zero-order valence-corrected chi connectivity index (χ0v) is 21.0. The number of ketones is 1. The largest absolute Gasteiger partial charge is 0.308 e. The fraction of sp³-hybridized carbons (Fsp3) is 0.292. The van der Waals surface area contributed by atoms with Crippen LogP contribution in [0.1, 0.15) is 47.4 Å². The molecule has 2 aromatic heterocycles. The average molecular weight is 527 g/mol. The summed E-state index contributed by atoms with van der Waals surface area (Å²) in [4.78, 5) is 32.0. The van der Waals surface area contributed by atoms with E-state index in [4.69, 9.17) is 11.6 Å². The third-order valence-corrected chi connectivity index (χ3v) is 8.36. The molecule has 36 heavy (non-hydrogen) atoms. The van der Waals surface area contributed by atoms with Gasteiger partial charge in [-0.3, -0.25) is 9.59 Å². The average Bonchev–Trinajstić information content (AvgIpc) is 3.27. The Hall–Kier alpha value is -3.41. The predicted octanol–water partition coefficient (Wildman–Crippen LogP) is 2.99. The molecule has 2 aromatic carbocycles. The normalized spacial score (nSPS) is 16.9. The zero-order valence-electron chi connectivity index (χ0n) is 19.4. The van der Waals surface area contributed by atoms with Gasteiger partial charge in [-0.1, -0.05) is 41.1 Å². The van der Waals surface area contributed by atoms with Crippen molar-refractivity contribution in [1.82, 2.24) is 29.3 Å². The molecule has 0 unspecified atom stereocenters. The smallest absolute Gasteiger partial charge is 0.281 e. The monoisotopic (exact) mass is 526 g/mol. The molecular formula is C24H23ClN6O4S. The highest BCUT2D eigenvalue weighted by Crippen LogP contribution is 2.29. The van der Waals surface area contributed by atoms with E-state index in [0.29, 0.717) is 48.0 Å². The second-order valence-electron chi connectivity index (χ2n) is 8.79. The SMILES string of the molecule is CC(=O)c1cccc(S(=O)(=O)N2CCC[C@@H](c3nc4c(nnn4Cc4cccc(Cl)c4)c(=O)[nH]3)C2)c1. The number of aromatic amines is 1. The van der Waals surface area contributed by atoms with E-state index < -0.39 is 15.6 Å². The van der Waals surface area contributed by atoms with Gasteiger partial charge in [0.2, 0.25) is 10.0 Å². The summed E-state index contributed by atoms with van der Waals surface area (Å²) in [6.07, 6.45) is 1.25. The fourth-order valence-corrected chi connectivity index (χ4v) is 6.18. The topological polar surface area (TPSA) is 131 Å². The van der Waals surface area contributed by atoms with Gasteiger partial charge >= 0.3 is 0 Å². The van der Waals surface area contributed by atoms with E-state index in [1.54, 1.807) is 24.3 Å². The Labute approximate surface area is 212 Å². The van der Waals surface area contributed by atoms with Gasteiger partial charge in [-0.2, -0.15) is 4.31 Å². The van der Waals surface area contributed by atoms with E-state index in [1.807, 2.05) is 12.1 Å². The highest BCUT2D eigenvalue weighted by atomic mass is 35.5. The molecule has 186 valence electrons. The van der Waals surface area contributed by atoms with Crippen molar-refractivity contribution in [3.63, 3.8) is 0 Å². The summed E-state index contributed by atoms with van der Waals surface area (Å²) in [6, 6.07) is 13.3. The van der Waals surface area contributed by atoms with Crippen LogP contribution < -0.4 is 5.56 Å². The lowest BCUT2D eigenvalue weighted by molar-refractivity contribution is 0.101. The standard InChI is InChI=1S/C24H23ClN6O4S/c1-15(32)17-6-3-9-20(12-17)36(34,35)30-10-4-7-18(14-30)22-26-23-21(24(33)27-22)28-29-31(23)13-16-5-2-8-19(25)11-16/h2-3,5-6,8-9,11-12,18H,4,7,10,13-14H2,1H3,(H,26,27,33)/t18-/m1/s1. The molecule has 0 aliphatic carbocycles. The number of sulfonamides is 1. The van der Waals surface area contributed by atoms with E-state index in [1.165, 1.54) is 28.0 Å². The molecule has 12 heteroatoms. The Balaban J connectivity index is 1.45. The van der Waals surface area contributed by atoms with Gasteiger partial charge in [0.15, 0.2) is 16.9 Å². The number of piperidine rings is 1. The number of benzene rings is 2. The quantitative estimate of drug-likeness (QED) is 0.382. The van der Waals surface area contributed by atoms with Crippen molar-refractivity contribution in [3.05, 3.63) is 80.9 Å². The maximum absolute atomic E-state index is 13.3. The number of H-pyrrole nitrogens is 1. The molecule has 1 N–H and O–H groups in total. The fourth-order valence-electron chi connectivity index (χ4n) is 4.40. The van der Waals surface area contributed by atoms with Crippen LogP contribution in [0.4, 0.5) is 0 Å². The molecule has 1 fully saturated rings. The third-order valence-electron chi connectivity index (χ3n) is 6.26. The molecule has 10 nitrogen and oxygen atoms in total. The Bertz CT molecular complexity index is 1630. The van der Waals surface area contributed by atoms with Crippen molar-refractivity contribution in [3.8, 4) is 0 Å². The summed E-state index contributed by atoms with van der Waals surface area (Å²) in [7, 11) is -3.83. The summed E-state index contributed by atoms with van der Waals surface area (Å²) in [5, 5.41) is 8.65. The number of nitrogens with zero attached hydrogens (tertiary/aromatic N) is 5. The van der Waals surface area contributed by atoms with Crippen LogP contribution in [-0.2, 0) is 16.6 Å². The van der Waals surface area contributed by atoms with Gasteiger partial charge in [-0.25, -0.2) is 18.1 Å². The lowest BCUT2D eigenvalue weighted by Crippen LogP contribution is -2.40. The van der Waals surface area contributed by atoms with Crippen LogP contribution in [0.25, 0.3) is 11.2 Å². The zero-order chi connectivity index (χ0) is 25.4. The number of Topliss-reactive ketones (excluding diaryl/α,β-unsaturated/α-hetero) is 1. The van der Waals surface area contributed by atoms with Crippen molar-refractivity contribution in [2.75, 3.05) is 13.1 Å². The molecule has 0 bridgehead atoms. The lowest BCUT2D eigenvalue weighted by atomic mass is 9.99. The van der Waals surface area contributed by atoms with Crippen molar-refractivity contribution in [1.29, 1.82) is 0 Å². The van der Waals surface area contributed by atoms with Gasteiger partial charge in [0.05, 0.1) is 11.4 Å². The van der Waals surface area contributed by atoms with Gasteiger partial charge in [-0.05, 0) is 49.6 Å². The number of hydrogen-bond acceptors (Lipinski definition) is 7. The van der Waals surface area contributed by atoms with E-state index in [2.05, 4.69) is 20.3 Å². The minimum absolute atomic E-state index is 0.0663. The first kappa shape index (κ1) is 24.3. The predicted molar refractivity (Wildman–Crippen MR) is 134 cm³/mol. The Kier molecular flexibility index (Phi) is 6.45. The molecule has 1 atom stereocenters. The Morgan fingerprint density at radius 3 is 2.78 bits per heavy atom. The minimum Gasteiger partial charge on any atom is -0.308 e. The second-order valence-corrected chi connectivity index (χ2v) is 11.2. The highest BCUT2D eigenvalue weighted by Gasteiger charge is 2.32. The van der Waals surface area contributed by atoms with E-state index in [9.17, 15) is 18.0 Å². The van der Waals surface area contributed by atoms with Crippen LogP contribution in [0.2, 0.25) is 5.02 Å². The molecule has 0 spiro atoms. The van der Waals surface area contributed by atoms with Crippen LogP contribution in [0, 0.1) is 0 Å². The van der Waals surface area contributed by atoms with Gasteiger partial charge in [0, 0.05) is 29.6 Å². The van der Waals surface area contributed by atoms with Crippen LogP contribution in [-0.4, -0.2) is 56.6 Å². The molecule has 4 aromatic rings. The molecule has 1 aliphatic rings. The number of fused-ring (bicyclic) bond motifs is 1. The van der Waals surface area contributed by atoms with Crippen LogP contribution in [0.15, 0.2) is 58.2 Å². The molecule has 0 radical (unpaired) electrons. The highest BCUT2D eigenvalue weighted by molar-refractivity contribution is 7.89. The minimum atomic E-state index is -3.83. The van der Waals surface area contributed by atoms with E-state index in [-0.39, 0.29) is 28.7 Å². The first-order chi connectivity index (χ1) is 17.2. The number of carbonyl (C=O) groups is 1. The number of nitrogens with one attached hydrogen (secondary N) is 1. The summed E-state index contributed by atoms with van der Waals surface area (Å²) in [5.41, 5.74) is 1.22. The number of hydrogen-bond donors (Lipinski definition) is 1. The van der Waals surface area contributed by atoms with Gasteiger partial charge in [0.25, 0.3) is 5.56 Å².